The summed E-state index contributed by atoms with van der Waals surface area (Å²) in [6, 6.07) is 7.43. The number of hydrogen-bond acceptors (Lipinski definition) is 4. The molecule has 1 aliphatic rings. The van der Waals surface area contributed by atoms with Crippen molar-refractivity contribution in [3.8, 4) is 0 Å². The third-order valence-electron chi connectivity index (χ3n) is 2.90. The number of nitrogens with zero attached hydrogens (tertiary/aromatic N) is 1. The summed E-state index contributed by atoms with van der Waals surface area (Å²) in [6.45, 7) is 5.50. The van der Waals surface area contributed by atoms with E-state index < -0.39 is 0 Å². The summed E-state index contributed by atoms with van der Waals surface area (Å²) in [5, 5.41) is 4.63. The maximum Gasteiger partial charge on any atom is 0.221 e. The van der Waals surface area contributed by atoms with Crippen LogP contribution in [0, 0.1) is 0 Å². The molecule has 1 aromatic carbocycles. The fourth-order valence-electron chi connectivity index (χ4n) is 2.11. The molecular weight excluding hydrogens is 242 g/mol. The van der Waals surface area contributed by atoms with Crippen molar-refractivity contribution in [1.29, 1.82) is 0 Å². The van der Waals surface area contributed by atoms with Gasteiger partial charge in [-0.1, -0.05) is 0 Å². The van der Waals surface area contributed by atoms with Gasteiger partial charge in [0.25, 0.3) is 0 Å². The lowest BCUT2D eigenvalue weighted by Crippen LogP contribution is -2.45. The number of hydrazine groups is 1. The highest BCUT2D eigenvalue weighted by Gasteiger charge is 2.31. The smallest absolute Gasteiger partial charge is 0.221 e. The molecule has 0 aromatic heterocycles. The molecule has 2 N–H and O–H groups in total. The van der Waals surface area contributed by atoms with E-state index in [1.165, 1.54) is 6.92 Å². The summed E-state index contributed by atoms with van der Waals surface area (Å²) >= 11 is 0. The lowest BCUT2D eigenvalue weighted by molar-refractivity contribution is -0.114. The van der Waals surface area contributed by atoms with E-state index in [1.807, 2.05) is 49.2 Å². The average Bonchev–Trinajstić information content (AvgIpc) is 2.65. The van der Waals surface area contributed by atoms with Crippen LogP contribution in [0.15, 0.2) is 36.0 Å². The Morgan fingerprint density at radius 1 is 1.32 bits per heavy atom. The van der Waals surface area contributed by atoms with E-state index in [0.717, 1.165) is 17.7 Å². The highest BCUT2D eigenvalue weighted by atomic mass is 16.1. The van der Waals surface area contributed by atoms with E-state index in [4.69, 9.17) is 0 Å². The van der Waals surface area contributed by atoms with Crippen LogP contribution < -0.4 is 15.8 Å². The van der Waals surface area contributed by atoms with Crippen LogP contribution in [-0.2, 0) is 9.59 Å². The quantitative estimate of drug-likeness (QED) is 0.813. The fourth-order valence-corrected chi connectivity index (χ4v) is 2.11. The molecule has 0 saturated carbocycles. The summed E-state index contributed by atoms with van der Waals surface area (Å²) in [5.41, 5.74) is 4.98. The summed E-state index contributed by atoms with van der Waals surface area (Å²) < 4.78 is 0. The van der Waals surface area contributed by atoms with Crippen molar-refractivity contribution in [3.63, 3.8) is 0 Å². The van der Waals surface area contributed by atoms with Gasteiger partial charge in [0.1, 0.15) is 0 Å². The van der Waals surface area contributed by atoms with Crippen LogP contribution >= 0.6 is 0 Å². The van der Waals surface area contributed by atoms with Gasteiger partial charge in [-0.05, 0) is 44.2 Å². The maximum atomic E-state index is 11.0. The van der Waals surface area contributed by atoms with Crippen molar-refractivity contribution >= 4 is 23.6 Å². The van der Waals surface area contributed by atoms with Crippen molar-refractivity contribution in [1.82, 2.24) is 5.43 Å². The third kappa shape index (κ3) is 2.76. The Hall–Kier alpha value is -2.30. The number of carbonyl (C=O) groups is 2. The molecule has 0 radical (unpaired) electrons. The molecule has 1 aliphatic heterocycles. The maximum absolute atomic E-state index is 11.0. The minimum absolute atomic E-state index is 0.0997. The monoisotopic (exact) mass is 259 g/mol. The molecule has 0 aliphatic carbocycles. The fraction of sp³-hybridized carbons (Fsp3) is 0.286. The van der Waals surface area contributed by atoms with Gasteiger partial charge in [-0.3, -0.25) is 20.0 Å². The molecule has 1 heterocycles. The molecule has 100 valence electrons. The summed E-state index contributed by atoms with van der Waals surface area (Å²) in [4.78, 5) is 21.8. The lowest BCUT2D eigenvalue weighted by Gasteiger charge is -2.32. The van der Waals surface area contributed by atoms with Gasteiger partial charge in [-0.2, -0.15) is 0 Å². The number of amides is 1. The van der Waals surface area contributed by atoms with Crippen molar-refractivity contribution in [2.75, 3.05) is 10.3 Å². The molecular formula is C14H17N3O2. The van der Waals surface area contributed by atoms with Crippen LogP contribution in [0.3, 0.4) is 0 Å². The van der Waals surface area contributed by atoms with E-state index >= 15 is 0 Å². The van der Waals surface area contributed by atoms with Gasteiger partial charge in [0.15, 0.2) is 6.29 Å². The molecule has 1 aromatic rings. The molecule has 19 heavy (non-hydrogen) atoms. The first-order chi connectivity index (χ1) is 8.92. The third-order valence-corrected chi connectivity index (χ3v) is 2.90. The second kappa shape index (κ2) is 4.76. The number of allylic oxidation sites excluding steroid dienone is 1. The van der Waals surface area contributed by atoms with E-state index in [1.54, 1.807) is 0 Å². The van der Waals surface area contributed by atoms with Crippen LogP contribution in [0.5, 0.6) is 0 Å². The molecule has 0 saturated heterocycles. The zero-order valence-electron chi connectivity index (χ0n) is 11.2. The zero-order valence-corrected chi connectivity index (χ0v) is 11.2. The molecule has 0 bridgehead atoms. The van der Waals surface area contributed by atoms with Gasteiger partial charge >= 0.3 is 0 Å². The Labute approximate surface area is 112 Å². The van der Waals surface area contributed by atoms with Crippen LogP contribution in [0.25, 0.3) is 0 Å². The minimum Gasteiger partial charge on any atom is -0.326 e. The van der Waals surface area contributed by atoms with Crippen LogP contribution in [-0.4, -0.2) is 17.7 Å². The summed E-state index contributed by atoms with van der Waals surface area (Å²) in [5.74, 6) is -0.0997. The van der Waals surface area contributed by atoms with Crippen molar-refractivity contribution in [3.05, 3.63) is 36.0 Å². The SMILES string of the molecule is CC(=O)Nc1ccc(N2NC(C=O)=CC2(C)C)cc1. The van der Waals surface area contributed by atoms with Gasteiger partial charge in [0.2, 0.25) is 5.91 Å². The van der Waals surface area contributed by atoms with Crippen LogP contribution in [0.1, 0.15) is 20.8 Å². The number of benzene rings is 1. The van der Waals surface area contributed by atoms with Gasteiger partial charge in [-0.15, -0.1) is 0 Å². The topological polar surface area (TPSA) is 61.4 Å². The van der Waals surface area contributed by atoms with E-state index in [9.17, 15) is 9.59 Å². The molecule has 0 fully saturated rings. The van der Waals surface area contributed by atoms with Gasteiger partial charge < -0.3 is 5.32 Å². The summed E-state index contributed by atoms with van der Waals surface area (Å²) in [7, 11) is 0. The van der Waals surface area contributed by atoms with Gasteiger partial charge in [0, 0.05) is 12.6 Å². The Morgan fingerprint density at radius 3 is 2.42 bits per heavy atom. The number of aldehydes is 1. The van der Waals surface area contributed by atoms with Gasteiger partial charge in [0.05, 0.1) is 16.9 Å². The number of rotatable bonds is 3. The molecule has 5 nitrogen and oxygen atoms in total. The number of carbonyl (C=O) groups excluding carboxylic acids is 2. The predicted molar refractivity (Wildman–Crippen MR) is 74.6 cm³/mol. The predicted octanol–water partition coefficient (Wildman–Crippen LogP) is 1.83. The van der Waals surface area contributed by atoms with Crippen molar-refractivity contribution < 1.29 is 9.59 Å². The van der Waals surface area contributed by atoms with Crippen LogP contribution in [0.2, 0.25) is 0 Å². The largest absolute Gasteiger partial charge is 0.326 e. The van der Waals surface area contributed by atoms with E-state index in [0.29, 0.717) is 5.70 Å². The molecule has 0 spiro atoms. The lowest BCUT2D eigenvalue weighted by atomic mass is 10.0. The summed E-state index contributed by atoms with van der Waals surface area (Å²) in [6.07, 6.45) is 2.68. The van der Waals surface area contributed by atoms with Crippen molar-refractivity contribution in [2.45, 2.75) is 26.3 Å². The van der Waals surface area contributed by atoms with E-state index in [-0.39, 0.29) is 11.4 Å². The molecule has 1 amide bonds. The Kier molecular flexibility index (Phi) is 3.29. The minimum atomic E-state index is -0.286. The number of anilines is 2. The second-order valence-corrected chi connectivity index (χ2v) is 5.05. The second-order valence-electron chi connectivity index (χ2n) is 5.05. The Bertz CT molecular complexity index is 532. The Morgan fingerprint density at radius 2 is 1.95 bits per heavy atom. The average molecular weight is 259 g/mol. The normalized spacial score (nSPS) is 16.6. The number of nitrogens with one attached hydrogen (secondary N) is 2. The molecule has 0 atom stereocenters. The van der Waals surface area contributed by atoms with Crippen molar-refractivity contribution in [2.24, 2.45) is 0 Å². The van der Waals surface area contributed by atoms with Gasteiger partial charge in [-0.25, -0.2) is 0 Å². The standard InChI is InChI=1S/C14H17N3O2/c1-10(19)15-11-4-6-13(7-5-11)17-14(2,3)8-12(9-18)16-17/h4-9,16H,1-3H3,(H,15,19). The first-order valence-electron chi connectivity index (χ1n) is 6.05. The number of hydrogen-bond donors (Lipinski definition) is 2. The molecule has 0 unspecified atom stereocenters. The highest BCUT2D eigenvalue weighted by Crippen LogP contribution is 2.29. The Balaban J connectivity index is 2.20. The first kappa shape index (κ1) is 13.1. The first-order valence-corrected chi connectivity index (χ1v) is 6.05. The highest BCUT2D eigenvalue weighted by molar-refractivity contribution is 5.88. The molecule has 2 rings (SSSR count). The molecule has 5 heteroatoms. The van der Waals surface area contributed by atoms with Crippen LogP contribution in [0.4, 0.5) is 11.4 Å². The zero-order chi connectivity index (χ0) is 14.0. The van der Waals surface area contributed by atoms with E-state index in [2.05, 4.69) is 10.7 Å².